The van der Waals surface area contributed by atoms with Crippen molar-refractivity contribution in [3.63, 3.8) is 0 Å². The predicted molar refractivity (Wildman–Crippen MR) is 131 cm³/mol. The van der Waals surface area contributed by atoms with E-state index in [1.54, 1.807) is 24.3 Å². The minimum Gasteiger partial charge on any atom is -0.453 e. The standard InChI is InChI=1S/C29H22N2O3/c1-17-11-12-21-23(15-17)34-24-16-22(30-14-13-18-7-3-2-4-8-18)25-26(27(24)31-21)29(33)20-10-6-5-9-19(20)28(25)32/h2-12,15-16,26,30H,13-14H2,1H3. The second kappa shape index (κ2) is 7.96. The van der Waals surface area contributed by atoms with Gasteiger partial charge in [0.2, 0.25) is 0 Å². The molecular weight excluding hydrogens is 424 g/mol. The van der Waals surface area contributed by atoms with Crippen LogP contribution in [0.2, 0.25) is 0 Å². The summed E-state index contributed by atoms with van der Waals surface area (Å²) in [5.74, 6) is 0.0916. The number of hydrogen-bond donors (Lipinski definition) is 1. The number of rotatable bonds is 4. The number of aryl methyl sites for hydroxylation is 1. The first-order valence-electron chi connectivity index (χ1n) is 11.4. The lowest BCUT2D eigenvalue weighted by Gasteiger charge is -2.34. The molecule has 3 aliphatic rings. The van der Waals surface area contributed by atoms with Crippen molar-refractivity contribution < 1.29 is 14.3 Å². The summed E-state index contributed by atoms with van der Waals surface area (Å²) in [5.41, 5.74) is 5.35. The lowest BCUT2D eigenvalue weighted by molar-refractivity contribution is 0.0908. The third kappa shape index (κ3) is 3.28. The summed E-state index contributed by atoms with van der Waals surface area (Å²) in [6, 6.07) is 22.9. The number of aliphatic imine (C=N–C) groups is 1. The smallest absolute Gasteiger partial charge is 0.192 e. The first-order chi connectivity index (χ1) is 16.6. The summed E-state index contributed by atoms with van der Waals surface area (Å²) in [6.45, 7) is 2.61. The van der Waals surface area contributed by atoms with Crippen LogP contribution in [0.5, 0.6) is 5.75 Å². The maximum Gasteiger partial charge on any atom is 0.192 e. The van der Waals surface area contributed by atoms with Gasteiger partial charge in [-0.05, 0) is 36.6 Å². The predicted octanol–water partition coefficient (Wildman–Crippen LogP) is 5.14. The fraction of sp³-hybridized carbons (Fsp3) is 0.138. The summed E-state index contributed by atoms with van der Waals surface area (Å²) in [6.07, 6.45) is 2.61. The highest BCUT2D eigenvalue weighted by Gasteiger charge is 2.46. The second-order valence-electron chi connectivity index (χ2n) is 8.74. The molecule has 5 heteroatoms. The number of allylic oxidation sites excluding steroid dienone is 3. The van der Waals surface area contributed by atoms with Crippen LogP contribution in [0.4, 0.5) is 5.69 Å². The molecule has 1 N–H and O–H groups in total. The Morgan fingerprint density at radius 3 is 2.53 bits per heavy atom. The minimum absolute atomic E-state index is 0.129. The van der Waals surface area contributed by atoms with Gasteiger partial charge in [0.25, 0.3) is 0 Å². The highest BCUT2D eigenvalue weighted by molar-refractivity contribution is 6.33. The molecule has 0 bridgehead atoms. The first kappa shape index (κ1) is 20.4. The van der Waals surface area contributed by atoms with Gasteiger partial charge < -0.3 is 10.1 Å². The molecule has 3 aromatic rings. The van der Waals surface area contributed by atoms with E-state index in [4.69, 9.17) is 9.73 Å². The maximum absolute atomic E-state index is 13.7. The van der Waals surface area contributed by atoms with E-state index < -0.39 is 5.92 Å². The van der Waals surface area contributed by atoms with Gasteiger partial charge in [0, 0.05) is 35.0 Å². The van der Waals surface area contributed by atoms with Crippen LogP contribution in [0.15, 0.2) is 101 Å². The molecule has 0 fully saturated rings. The Bertz CT molecular complexity index is 1450. The van der Waals surface area contributed by atoms with Crippen LogP contribution in [0.25, 0.3) is 0 Å². The number of ketones is 2. The van der Waals surface area contributed by atoms with Gasteiger partial charge in [0.05, 0.1) is 11.6 Å². The first-order valence-corrected chi connectivity index (χ1v) is 11.4. The Morgan fingerprint density at radius 1 is 0.941 bits per heavy atom. The Morgan fingerprint density at radius 2 is 1.71 bits per heavy atom. The van der Waals surface area contributed by atoms with Gasteiger partial charge in [-0.15, -0.1) is 0 Å². The zero-order valence-corrected chi connectivity index (χ0v) is 18.7. The van der Waals surface area contributed by atoms with Crippen LogP contribution in [0, 0.1) is 12.8 Å². The molecule has 3 aromatic carbocycles. The van der Waals surface area contributed by atoms with E-state index in [1.165, 1.54) is 5.56 Å². The Labute approximate surface area is 197 Å². The molecule has 0 saturated carbocycles. The third-order valence-corrected chi connectivity index (χ3v) is 6.47. The zero-order chi connectivity index (χ0) is 23.2. The largest absolute Gasteiger partial charge is 0.453 e. The number of hydrogen-bond acceptors (Lipinski definition) is 5. The van der Waals surface area contributed by atoms with Crippen molar-refractivity contribution in [2.75, 3.05) is 6.54 Å². The SMILES string of the molecule is Cc1ccc2c(c1)OC1=CC(NCCc3ccccc3)=C3C(=O)c4ccccc4C(=O)C3C1=N2. The summed E-state index contributed by atoms with van der Waals surface area (Å²) < 4.78 is 6.22. The molecule has 0 spiro atoms. The van der Waals surface area contributed by atoms with Crippen molar-refractivity contribution in [1.82, 2.24) is 5.32 Å². The molecule has 5 nitrogen and oxygen atoms in total. The quantitative estimate of drug-likeness (QED) is 0.603. The van der Waals surface area contributed by atoms with Crippen LogP contribution < -0.4 is 10.1 Å². The van der Waals surface area contributed by atoms with E-state index >= 15 is 0 Å². The van der Waals surface area contributed by atoms with Gasteiger partial charge >= 0.3 is 0 Å². The fourth-order valence-corrected chi connectivity index (χ4v) is 4.80. The number of benzene rings is 3. The van der Waals surface area contributed by atoms with Crippen LogP contribution in [0.1, 0.15) is 31.8 Å². The van der Waals surface area contributed by atoms with E-state index in [0.717, 1.165) is 12.0 Å². The van der Waals surface area contributed by atoms with Crippen LogP contribution in [-0.4, -0.2) is 23.8 Å². The van der Waals surface area contributed by atoms with E-state index in [9.17, 15) is 9.59 Å². The number of fused-ring (bicyclic) bond motifs is 5. The second-order valence-corrected chi connectivity index (χ2v) is 8.74. The van der Waals surface area contributed by atoms with E-state index in [1.807, 2.05) is 49.4 Å². The number of Topliss-reactive ketones (excluding diaryl/α,β-unsaturated/α-hetero) is 2. The van der Waals surface area contributed by atoms with Gasteiger partial charge in [-0.3, -0.25) is 9.59 Å². The summed E-state index contributed by atoms with van der Waals surface area (Å²) in [5, 5.41) is 3.41. The van der Waals surface area contributed by atoms with Crippen molar-refractivity contribution in [1.29, 1.82) is 0 Å². The van der Waals surface area contributed by atoms with Gasteiger partial charge in [0.15, 0.2) is 23.1 Å². The molecule has 1 atom stereocenters. The van der Waals surface area contributed by atoms with E-state index in [-0.39, 0.29) is 11.6 Å². The number of ether oxygens (including phenoxy) is 1. The Hall–Kier alpha value is -4.25. The molecule has 0 saturated heterocycles. The van der Waals surface area contributed by atoms with Crippen molar-refractivity contribution in [3.05, 3.63) is 118 Å². The summed E-state index contributed by atoms with van der Waals surface area (Å²) in [7, 11) is 0. The molecule has 0 amide bonds. The average Bonchev–Trinajstić information content (AvgIpc) is 2.86. The van der Waals surface area contributed by atoms with Crippen LogP contribution in [0.3, 0.4) is 0 Å². The Balaban J connectivity index is 1.45. The summed E-state index contributed by atoms with van der Waals surface area (Å²) in [4.78, 5) is 32.1. The van der Waals surface area contributed by atoms with E-state index in [2.05, 4.69) is 17.4 Å². The van der Waals surface area contributed by atoms with Crippen molar-refractivity contribution >= 4 is 23.0 Å². The Kier molecular flexibility index (Phi) is 4.77. The van der Waals surface area contributed by atoms with Gasteiger partial charge in [-0.1, -0.05) is 60.7 Å². The monoisotopic (exact) mass is 446 g/mol. The van der Waals surface area contributed by atoms with E-state index in [0.29, 0.717) is 51.8 Å². The molecule has 166 valence electrons. The number of nitrogens with zero attached hydrogens (tertiary/aromatic N) is 1. The fourth-order valence-electron chi connectivity index (χ4n) is 4.80. The van der Waals surface area contributed by atoms with Crippen LogP contribution >= 0.6 is 0 Å². The molecule has 1 aliphatic heterocycles. The maximum atomic E-state index is 13.7. The lowest BCUT2D eigenvalue weighted by atomic mass is 9.72. The molecule has 0 radical (unpaired) electrons. The molecule has 34 heavy (non-hydrogen) atoms. The minimum atomic E-state index is -0.795. The topological polar surface area (TPSA) is 67.8 Å². The third-order valence-electron chi connectivity index (χ3n) is 6.47. The zero-order valence-electron chi connectivity index (χ0n) is 18.7. The lowest BCUT2D eigenvalue weighted by Crippen LogP contribution is -2.42. The average molecular weight is 447 g/mol. The molecular formula is C29H22N2O3. The molecule has 6 rings (SSSR count). The highest BCUT2D eigenvalue weighted by Crippen LogP contribution is 2.43. The number of nitrogens with one attached hydrogen (secondary N) is 1. The van der Waals surface area contributed by atoms with Gasteiger partial charge in [-0.25, -0.2) is 4.99 Å². The van der Waals surface area contributed by atoms with Crippen molar-refractivity contribution in [2.45, 2.75) is 13.3 Å². The number of carbonyl (C=O) groups is 2. The number of carbonyl (C=O) groups excluding carboxylic acids is 2. The van der Waals surface area contributed by atoms with Crippen LogP contribution in [-0.2, 0) is 6.42 Å². The molecule has 1 heterocycles. The molecule has 1 unspecified atom stereocenters. The van der Waals surface area contributed by atoms with Gasteiger partial charge in [0.1, 0.15) is 5.69 Å². The normalized spacial score (nSPS) is 18.1. The molecule has 2 aliphatic carbocycles. The van der Waals surface area contributed by atoms with Crippen molar-refractivity contribution in [3.8, 4) is 5.75 Å². The van der Waals surface area contributed by atoms with Gasteiger partial charge in [-0.2, -0.15) is 0 Å². The van der Waals surface area contributed by atoms with Crippen molar-refractivity contribution in [2.24, 2.45) is 10.9 Å². The summed E-state index contributed by atoms with van der Waals surface area (Å²) >= 11 is 0. The molecule has 0 aromatic heterocycles. The highest BCUT2D eigenvalue weighted by atomic mass is 16.5.